The van der Waals surface area contributed by atoms with Crippen molar-refractivity contribution >= 4 is 33.2 Å². The molecule has 152 valence electrons. The summed E-state index contributed by atoms with van der Waals surface area (Å²) in [6.45, 7) is -0.387. The summed E-state index contributed by atoms with van der Waals surface area (Å²) in [6, 6.07) is 23.3. The van der Waals surface area contributed by atoms with Gasteiger partial charge in [0.1, 0.15) is 0 Å². The lowest BCUT2D eigenvalue weighted by Gasteiger charge is -2.22. The van der Waals surface area contributed by atoms with Crippen molar-refractivity contribution in [2.24, 2.45) is 0 Å². The van der Waals surface area contributed by atoms with E-state index in [0.29, 0.717) is 11.3 Å². The molecule has 0 spiro atoms. The third-order valence-electron chi connectivity index (χ3n) is 4.23. The maximum absolute atomic E-state index is 13.2. The number of nitrogens with one attached hydrogen (secondary N) is 1. The lowest BCUT2D eigenvalue weighted by atomic mass is 10.2. The zero-order chi connectivity index (χ0) is 21.6. The minimum absolute atomic E-state index is 0.00482. The molecule has 0 heterocycles. The van der Waals surface area contributed by atoms with Crippen LogP contribution in [0, 0.1) is 11.3 Å². The Kier molecular flexibility index (Phi) is 6.85. The summed E-state index contributed by atoms with van der Waals surface area (Å²) in [7, 11) is -3.99. The Morgan fingerprint density at radius 2 is 1.73 bits per heavy atom. The Balaban J connectivity index is 1.87. The van der Waals surface area contributed by atoms with Gasteiger partial charge in [0.25, 0.3) is 0 Å². The van der Waals surface area contributed by atoms with Crippen LogP contribution in [0.25, 0.3) is 0 Å². The lowest BCUT2D eigenvalue weighted by molar-refractivity contribution is -0.116. The molecule has 0 aromatic heterocycles. The molecular weight excluding hydrogens is 422 g/mol. The number of benzene rings is 3. The molecule has 0 aliphatic carbocycles. The van der Waals surface area contributed by atoms with Crippen LogP contribution in [0.3, 0.4) is 0 Å². The van der Waals surface area contributed by atoms with Crippen LogP contribution in [0.5, 0.6) is 0 Å². The first-order chi connectivity index (χ1) is 14.4. The molecule has 0 fully saturated rings. The zero-order valence-electron chi connectivity index (χ0n) is 15.8. The predicted molar refractivity (Wildman–Crippen MR) is 115 cm³/mol. The molecule has 3 rings (SSSR count). The van der Waals surface area contributed by atoms with E-state index < -0.39 is 22.5 Å². The van der Waals surface area contributed by atoms with Crippen molar-refractivity contribution in [2.75, 3.05) is 11.9 Å². The van der Waals surface area contributed by atoms with E-state index >= 15 is 0 Å². The average molecular weight is 440 g/mol. The van der Waals surface area contributed by atoms with Gasteiger partial charge in [-0.2, -0.15) is 9.57 Å². The first-order valence-electron chi connectivity index (χ1n) is 8.98. The Labute approximate surface area is 180 Å². The molecule has 8 heteroatoms. The van der Waals surface area contributed by atoms with Crippen LogP contribution in [0.4, 0.5) is 5.69 Å². The van der Waals surface area contributed by atoms with Crippen molar-refractivity contribution in [2.45, 2.75) is 11.4 Å². The van der Waals surface area contributed by atoms with Gasteiger partial charge >= 0.3 is 0 Å². The van der Waals surface area contributed by atoms with Gasteiger partial charge in [-0.3, -0.25) is 4.79 Å². The van der Waals surface area contributed by atoms with Crippen molar-refractivity contribution in [3.05, 3.63) is 95.0 Å². The van der Waals surface area contributed by atoms with E-state index in [0.717, 1.165) is 9.87 Å². The van der Waals surface area contributed by atoms with E-state index in [1.165, 1.54) is 18.2 Å². The molecular formula is C22H18ClN3O3S. The molecule has 1 amide bonds. The topological polar surface area (TPSA) is 90.3 Å². The van der Waals surface area contributed by atoms with Gasteiger partial charge in [-0.25, -0.2) is 8.42 Å². The molecule has 0 bridgehead atoms. The fourth-order valence-corrected chi connectivity index (χ4v) is 4.50. The highest BCUT2D eigenvalue weighted by Crippen LogP contribution is 2.22. The second kappa shape index (κ2) is 9.55. The second-order valence-corrected chi connectivity index (χ2v) is 8.83. The fourth-order valence-electron chi connectivity index (χ4n) is 2.82. The van der Waals surface area contributed by atoms with Crippen LogP contribution in [-0.4, -0.2) is 25.2 Å². The van der Waals surface area contributed by atoms with Crippen LogP contribution < -0.4 is 5.32 Å². The van der Waals surface area contributed by atoms with Crippen LogP contribution in [-0.2, 0) is 21.4 Å². The Morgan fingerprint density at radius 1 is 1.00 bits per heavy atom. The van der Waals surface area contributed by atoms with E-state index in [1.54, 1.807) is 54.6 Å². The summed E-state index contributed by atoms with van der Waals surface area (Å²) < 4.78 is 27.5. The normalized spacial score (nSPS) is 11.1. The number of nitriles is 1. The van der Waals surface area contributed by atoms with Crippen LogP contribution in [0.1, 0.15) is 11.1 Å². The third kappa shape index (κ3) is 5.45. The van der Waals surface area contributed by atoms with E-state index in [9.17, 15) is 13.2 Å². The number of carbonyl (C=O) groups excluding carboxylic acids is 1. The van der Waals surface area contributed by atoms with Crippen LogP contribution >= 0.6 is 11.6 Å². The molecule has 6 nitrogen and oxygen atoms in total. The SMILES string of the molecule is N#Cc1cccc(NC(=O)CN(Cc2ccccc2)S(=O)(=O)c2cccc(Cl)c2)c1. The highest BCUT2D eigenvalue weighted by Gasteiger charge is 2.27. The summed E-state index contributed by atoms with van der Waals surface area (Å²) in [5, 5.41) is 11.9. The van der Waals surface area contributed by atoms with Crippen molar-refractivity contribution in [1.29, 1.82) is 5.26 Å². The van der Waals surface area contributed by atoms with Crippen molar-refractivity contribution in [3.8, 4) is 6.07 Å². The lowest BCUT2D eigenvalue weighted by Crippen LogP contribution is -2.37. The maximum Gasteiger partial charge on any atom is 0.243 e. The van der Waals surface area contributed by atoms with E-state index in [2.05, 4.69) is 5.32 Å². The predicted octanol–water partition coefficient (Wildman–Crippen LogP) is 4.04. The number of rotatable bonds is 7. The first kappa shape index (κ1) is 21.5. The molecule has 3 aromatic rings. The number of halogens is 1. The number of amides is 1. The van der Waals surface area contributed by atoms with Crippen LogP contribution in [0.2, 0.25) is 5.02 Å². The molecule has 30 heavy (non-hydrogen) atoms. The molecule has 3 aromatic carbocycles. The standard InChI is InChI=1S/C22H18ClN3O3S/c23-19-9-5-11-21(13-19)30(28,29)26(15-17-6-2-1-3-7-17)16-22(27)25-20-10-4-8-18(12-20)14-24/h1-13H,15-16H2,(H,25,27). The monoisotopic (exact) mass is 439 g/mol. The summed E-state index contributed by atoms with van der Waals surface area (Å²) in [5.74, 6) is -0.522. The first-order valence-corrected chi connectivity index (χ1v) is 10.8. The number of sulfonamides is 1. The minimum atomic E-state index is -3.99. The molecule has 0 aliphatic heterocycles. The third-order valence-corrected chi connectivity index (χ3v) is 6.25. The highest BCUT2D eigenvalue weighted by molar-refractivity contribution is 7.89. The van der Waals surface area contributed by atoms with Crippen molar-refractivity contribution < 1.29 is 13.2 Å². The quantitative estimate of drug-likeness (QED) is 0.601. The molecule has 0 unspecified atom stereocenters. The van der Waals surface area contributed by atoms with Crippen LogP contribution in [0.15, 0.2) is 83.8 Å². The number of anilines is 1. The van der Waals surface area contributed by atoms with Gasteiger partial charge < -0.3 is 5.32 Å². The molecule has 0 saturated carbocycles. The van der Waals surface area contributed by atoms with Gasteiger partial charge in [0.05, 0.1) is 23.1 Å². The maximum atomic E-state index is 13.2. The number of hydrogen-bond donors (Lipinski definition) is 1. The molecule has 0 aliphatic rings. The van der Waals surface area contributed by atoms with Gasteiger partial charge in [-0.15, -0.1) is 0 Å². The Morgan fingerprint density at radius 3 is 2.43 bits per heavy atom. The van der Waals surface area contributed by atoms with Crippen molar-refractivity contribution in [3.63, 3.8) is 0 Å². The Bertz CT molecular complexity index is 1190. The minimum Gasteiger partial charge on any atom is -0.325 e. The summed E-state index contributed by atoms with van der Waals surface area (Å²) in [5.41, 5.74) is 1.54. The van der Waals surface area contributed by atoms with Gasteiger partial charge in [-0.05, 0) is 42.0 Å². The largest absolute Gasteiger partial charge is 0.325 e. The zero-order valence-corrected chi connectivity index (χ0v) is 17.4. The number of nitrogens with zero attached hydrogens (tertiary/aromatic N) is 2. The average Bonchev–Trinajstić information content (AvgIpc) is 2.74. The molecule has 1 N–H and O–H groups in total. The summed E-state index contributed by atoms with van der Waals surface area (Å²) in [4.78, 5) is 12.6. The van der Waals surface area contributed by atoms with Gasteiger partial charge in [0, 0.05) is 17.3 Å². The van der Waals surface area contributed by atoms with E-state index in [4.69, 9.17) is 16.9 Å². The number of hydrogen-bond acceptors (Lipinski definition) is 4. The Hall–Kier alpha value is -3.18. The van der Waals surface area contributed by atoms with Crippen molar-refractivity contribution in [1.82, 2.24) is 4.31 Å². The molecule has 0 radical (unpaired) electrons. The van der Waals surface area contributed by atoms with Gasteiger partial charge in [0.15, 0.2) is 0 Å². The second-order valence-electron chi connectivity index (χ2n) is 6.46. The van der Waals surface area contributed by atoms with Gasteiger partial charge in [-0.1, -0.05) is 54.1 Å². The summed E-state index contributed by atoms with van der Waals surface area (Å²) >= 11 is 5.97. The molecule has 0 saturated heterocycles. The summed E-state index contributed by atoms with van der Waals surface area (Å²) in [6.07, 6.45) is 0. The fraction of sp³-hybridized carbons (Fsp3) is 0.0909. The number of carbonyl (C=O) groups is 1. The molecule has 0 atom stereocenters. The smallest absolute Gasteiger partial charge is 0.243 e. The highest BCUT2D eigenvalue weighted by atomic mass is 35.5. The van der Waals surface area contributed by atoms with E-state index in [-0.39, 0.29) is 16.5 Å². The van der Waals surface area contributed by atoms with Gasteiger partial charge in [0.2, 0.25) is 15.9 Å². The van der Waals surface area contributed by atoms with E-state index in [1.807, 2.05) is 12.1 Å².